The van der Waals surface area contributed by atoms with Gasteiger partial charge in [-0.2, -0.15) is 0 Å². The Bertz CT molecular complexity index is 1480. The van der Waals surface area contributed by atoms with Crippen molar-refractivity contribution < 1.29 is 22.7 Å². The summed E-state index contributed by atoms with van der Waals surface area (Å²) in [7, 11) is -2.77. The van der Waals surface area contributed by atoms with E-state index in [4.69, 9.17) is 27.9 Å². The van der Waals surface area contributed by atoms with E-state index in [2.05, 4.69) is 5.32 Å². The first-order valence-electron chi connectivity index (χ1n) is 13.0. The lowest BCUT2D eigenvalue weighted by molar-refractivity contribution is -0.141. The van der Waals surface area contributed by atoms with Crippen molar-refractivity contribution in [1.82, 2.24) is 10.2 Å². The number of anilines is 1. The zero-order valence-corrected chi connectivity index (χ0v) is 26.1. The summed E-state index contributed by atoms with van der Waals surface area (Å²) in [6, 6.07) is 18.4. The van der Waals surface area contributed by atoms with E-state index in [1.807, 2.05) is 20.8 Å². The van der Waals surface area contributed by atoms with Crippen molar-refractivity contribution in [2.24, 2.45) is 0 Å². The standard InChI is InChI=1S/C30H35Cl2N3O5S/c1-6-26(29(37)33-30(2,3)4)34(19-21-12-10-11-15-24(21)31)28(36)20-35(22-16-17-27(40-5)25(32)18-22)41(38,39)23-13-8-7-9-14-23/h7-18,26H,6,19-20H2,1-5H3,(H,33,37)/t26-/m1/s1. The van der Waals surface area contributed by atoms with Crippen LogP contribution >= 0.6 is 23.2 Å². The van der Waals surface area contributed by atoms with Gasteiger partial charge in [0.1, 0.15) is 18.3 Å². The van der Waals surface area contributed by atoms with Crippen molar-refractivity contribution in [1.29, 1.82) is 0 Å². The average Bonchev–Trinajstić information content (AvgIpc) is 2.92. The highest BCUT2D eigenvalue weighted by molar-refractivity contribution is 7.92. The first-order chi connectivity index (χ1) is 19.3. The Morgan fingerprint density at radius 1 is 0.951 bits per heavy atom. The predicted octanol–water partition coefficient (Wildman–Crippen LogP) is 5.92. The molecule has 0 radical (unpaired) electrons. The minimum atomic E-state index is -4.22. The minimum absolute atomic E-state index is 0.00281. The van der Waals surface area contributed by atoms with Crippen molar-refractivity contribution in [3.8, 4) is 5.75 Å². The van der Waals surface area contributed by atoms with Crippen LogP contribution in [0.15, 0.2) is 77.7 Å². The van der Waals surface area contributed by atoms with Crippen LogP contribution in [0.4, 0.5) is 5.69 Å². The number of hydrogen-bond donors (Lipinski definition) is 1. The lowest BCUT2D eigenvalue weighted by atomic mass is 10.1. The van der Waals surface area contributed by atoms with Gasteiger partial charge in [-0.15, -0.1) is 0 Å². The SMILES string of the molecule is CC[C@H](C(=O)NC(C)(C)C)N(Cc1ccccc1Cl)C(=O)CN(c1ccc(OC)c(Cl)c1)S(=O)(=O)c1ccccc1. The fourth-order valence-corrected chi connectivity index (χ4v) is 6.12. The first-order valence-corrected chi connectivity index (χ1v) is 15.2. The maximum Gasteiger partial charge on any atom is 0.264 e. The number of halogens is 2. The zero-order valence-electron chi connectivity index (χ0n) is 23.7. The minimum Gasteiger partial charge on any atom is -0.495 e. The van der Waals surface area contributed by atoms with E-state index in [9.17, 15) is 18.0 Å². The van der Waals surface area contributed by atoms with Crippen molar-refractivity contribution in [2.45, 2.75) is 57.1 Å². The molecular formula is C30H35Cl2N3O5S. The maximum atomic E-state index is 14.1. The second-order valence-corrected chi connectivity index (χ2v) is 13.1. The van der Waals surface area contributed by atoms with Crippen LogP contribution in [0, 0.1) is 0 Å². The van der Waals surface area contributed by atoms with E-state index in [0.29, 0.717) is 16.3 Å². The first kappa shape index (κ1) is 32.2. The Balaban J connectivity index is 2.11. The van der Waals surface area contributed by atoms with Crippen LogP contribution < -0.4 is 14.4 Å². The van der Waals surface area contributed by atoms with Crippen LogP contribution in [0.2, 0.25) is 10.0 Å². The molecule has 0 heterocycles. The Morgan fingerprint density at radius 2 is 1.59 bits per heavy atom. The van der Waals surface area contributed by atoms with E-state index >= 15 is 0 Å². The predicted molar refractivity (Wildman–Crippen MR) is 163 cm³/mol. The number of carbonyl (C=O) groups is 2. The molecule has 0 bridgehead atoms. The smallest absolute Gasteiger partial charge is 0.264 e. The number of carbonyl (C=O) groups excluding carboxylic acids is 2. The number of nitrogens with zero attached hydrogens (tertiary/aromatic N) is 2. The molecule has 220 valence electrons. The van der Waals surface area contributed by atoms with Gasteiger partial charge in [0.25, 0.3) is 10.0 Å². The number of amides is 2. The molecule has 0 aliphatic rings. The summed E-state index contributed by atoms with van der Waals surface area (Å²) in [6.45, 7) is 6.74. The molecule has 0 fully saturated rings. The normalized spacial score (nSPS) is 12.4. The molecule has 11 heteroatoms. The van der Waals surface area contributed by atoms with Gasteiger partial charge in [-0.3, -0.25) is 13.9 Å². The topological polar surface area (TPSA) is 96.0 Å². The van der Waals surface area contributed by atoms with Crippen molar-refractivity contribution >= 4 is 50.7 Å². The Kier molecular flexibility index (Phi) is 10.7. The molecule has 0 unspecified atom stereocenters. The van der Waals surface area contributed by atoms with Gasteiger partial charge in [-0.25, -0.2) is 8.42 Å². The van der Waals surface area contributed by atoms with Crippen LogP contribution in [-0.4, -0.2) is 50.4 Å². The second-order valence-electron chi connectivity index (χ2n) is 10.4. The highest BCUT2D eigenvalue weighted by atomic mass is 35.5. The molecule has 8 nitrogen and oxygen atoms in total. The number of hydrogen-bond acceptors (Lipinski definition) is 5. The number of sulfonamides is 1. The average molecular weight is 621 g/mol. The third-order valence-corrected chi connectivity index (χ3v) is 8.67. The van der Waals surface area contributed by atoms with Crippen LogP contribution in [0.5, 0.6) is 5.75 Å². The molecule has 1 N–H and O–H groups in total. The molecule has 0 aliphatic carbocycles. The van der Waals surface area contributed by atoms with Crippen LogP contribution in [0.3, 0.4) is 0 Å². The molecule has 0 aliphatic heterocycles. The zero-order chi connectivity index (χ0) is 30.4. The molecule has 2 amide bonds. The summed E-state index contributed by atoms with van der Waals surface area (Å²) in [5.41, 5.74) is 0.235. The lowest BCUT2D eigenvalue weighted by Crippen LogP contribution is -2.55. The molecule has 0 saturated heterocycles. The number of ether oxygens (including phenoxy) is 1. The Labute approximate surface area is 252 Å². The molecule has 0 saturated carbocycles. The molecule has 0 spiro atoms. The van der Waals surface area contributed by atoms with Crippen molar-refractivity contribution in [3.05, 3.63) is 88.4 Å². The molecule has 3 aromatic carbocycles. The molecule has 1 atom stereocenters. The van der Waals surface area contributed by atoms with Gasteiger partial charge in [-0.05, 0) is 69.2 Å². The van der Waals surface area contributed by atoms with E-state index in [1.165, 1.54) is 42.3 Å². The summed E-state index contributed by atoms with van der Waals surface area (Å²) in [6.07, 6.45) is 0.290. The van der Waals surface area contributed by atoms with E-state index in [0.717, 1.165) is 4.31 Å². The van der Waals surface area contributed by atoms with E-state index in [1.54, 1.807) is 49.4 Å². The third-order valence-electron chi connectivity index (χ3n) is 6.22. The van der Waals surface area contributed by atoms with Gasteiger partial charge in [0.15, 0.2) is 0 Å². The van der Waals surface area contributed by atoms with Crippen LogP contribution in [0.1, 0.15) is 39.7 Å². The summed E-state index contributed by atoms with van der Waals surface area (Å²) in [5, 5.41) is 3.54. The van der Waals surface area contributed by atoms with Crippen LogP contribution in [-0.2, 0) is 26.2 Å². The van der Waals surface area contributed by atoms with Gasteiger partial charge in [-0.1, -0.05) is 66.5 Å². The summed E-state index contributed by atoms with van der Waals surface area (Å²) in [5.74, 6) is -0.596. The molecular weight excluding hydrogens is 585 g/mol. The fourth-order valence-electron chi connectivity index (χ4n) is 4.24. The van der Waals surface area contributed by atoms with Gasteiger partial charge in [0, 0.05) is 17.1 Å². The quantitative estimate of drug-likeness (QED) is 0.287. The molecule has 41 heavy (non-hydrogen) atoms. The van der Waals surface area contributed by atoms with Crippen LogP contribution in [0.25, 0.3) is 0 Å². The Morgan fingerprint density at radius 3 is 2.15 bits per heavy atom. The summed E-state index contributed by atoms with van der Waals surface area (Å²) < 4.78 is 34.0. The maximum absolute atomic E-state index is 14.1. The third kappa shape index (κ3) is 8.15. The number of rotatable bonds is 11. The van der Waals surface area contributed by atoms with Gasteiger partial charge >= 0.3 is 0 Å². The molecule has 3 aromatic rings. The number of methoxy groups -OCH3 is 1. The molecule has 0 aromatic heterocycles. The number of nitrogens with one attached hydrogen (secondary N) is 1. The highest BCUT2D eigenvalue weighted by Crippen LogP contribution is 2.32. The number of benzene rings is 3. The van der Waals surface area contributed by atoms with Gasteiger partial charge in [0.2, 0.25) is 11.8 Å². The van der Waals surface area contributed by atoms with Crippen molar-refractivity contribution in [2.75, 3.05) is 18.0 Å². The van der Waals surface area contributed by atoms with E-state index in [-0.39, 0.29) is 34.5 Å². The largest absolute Gasteiger partial charge is 0.495 e. The summed E-state index contributed by atoms with van der Waals surface area (Å²) >= 11 is 12.8. The van der Waals surface area contributed by atoms with Crippen molar-refractivity contribution in [3.63, 3.8) is 0 Å². The molecule has 3 rings (SSSR count). The van der Waals surface area contributed by atoms with Gasteiger partial charge < -0.3 is 15.0 Å². The highest BCUT2D eigenvalue weighted by Gasteiger charge is 2.35. The monoisotopic (exact) mass is 619 g/mol. The lowest BCUT2D eigenvalue weighted by Gasteiger charge is -2.35. The van der Waals surface area contributed by atoms with E-state index < -0.39 is 34.1 Å². The summed E-state index contributed by atoms with van der Waals surface area (Å²) in [4.78, 5) is 28.9. The van der Waals surface area contributed by atoms with Gasteiger partial charge in [0.05, 0.1) is 22.7 Å². The second kappa shape index (κ2) is 13.6. The fraction of sp³-hybridized carbons (Fsp3) is 0.333. The Hall–Kier alpha value is -3.27.